The smallest absolute Gasteiger partial charge is 0.254 e. The molecule has 11 heteroatoms. The van der Waals surface area contributed by atoms with Gasteiger partial charge in [-0.3, -0.25) is 14.6 Å². The highest BCUT2D eigenvalue weighted by Crippen LogP contribution is 2.41. The van der Waals surface area contributed by atoms with Crippen molar-refractivity contribution < 1.29 is 24.2 Å². The van der Waals surface area contributed by atoms with Gasteiger partial charge in [-0.05, 0) is 31.3 Å². The molecule has 0 spiro atoms. The largest absolute Gasteiger partial charge is 0.490 e. The predicted molar refractivity (Wildman–Crippen MR) is 145 cm³/mol. The molecule has 37 heavy (non-hydrogen) atoms. The molecule has 0 unspecified atom stereocenters. The number of fused-ring (bicyclic) bond motifs is 1. The van der Waals surface area contributed by atoms with Crippen LogP contribution in [-0.4, -0.2) is 73.6 Å². The summed E-state index contributed by atoms with van der Waals surface area (Å²) in [6, 6.07) is 6.32. The van der Waals surface area contributed by atoms with Gasteiger partial charge in [-0.2, -0.15) is 0 Å². The third-order valence-corrected chi connectivity index (χ3v) is 6.36. The Bertz CT molecular complexity index is 1280. The number of ether oxygens (including phenoxy) is 2. The number of pyridine rings is 1. The number of nitrogen functional groups attached to an aromatic ring is 1. The molecule has 0 radical (unpaired) electrons. The van der Waals surface area contributed by atoms with Gasteiger partial charge in [0.25, 0.3) is 5.91 Å². The summed E-state index contributed by atoms with van der Waals surface area (Å²) in [6.07, 6.45) is 1.45. The van der Waals surface area contributed by atoms with Crippen LogP contribution in [0.15, 0.2) is 30.5 Å². The highest BCUT2D eigenvalue weighted by molar-refractivity contribution is 6.36. The van der Waals surface area contributed by atoms with Crippen LogP contribution in [0.25, 0.3) is 10.9 Å². The lowest BCUT2D eigenvalue weighted by Crippen LogP contribution is -2.35. The van der Waals surface area contributed by atoms with Gasteiger partial charge < -0.3 is 35.8 Å². The average molecular weight is 530 g/mol. The maximum Gasteiger partial charge on any atom is 0.254 e. The first-order chi connectivity index (χ1) is 17.8. The second-order valence-corrected chi connectivity index (χ2v) is 8.62. The fourth-order valence-corrected chi connectivity index (χ4v) is 4.19. The van der Waals surface area contributed by atoms with Crippen molar-refractivity contribution in [3.05, 3.63) is 46.6 Å². The second-order valence-electron chi connectivity index (χ2n) is 8.24. The minimum absolute atomic E-state index is 0.00348. The topological polar surface area (TPSA) is 139 Å². The molecular formula is C26H32ClN5O5. The minimum Gasteiger partial charge on any atom is -0.490 e. The van der Waals surface area contributed by atoms with Crippen LogP contribution < -0.4 is 25.8 Å². The lowest BCUT2D eigenvalue weighted by atomic mass is 10.1. The quantitative estimate of drug-likeness (QED) is 0.205. The van der Waals surface area contributed by atoms with Crippen LogP contribution in [0.5, 0.6) is 17.2 Å². The number of halogens is 1. The molecule has 3 aromatic rings. The van der Waals surface area contributed by atoms with E-state index in [2.05, 4.69) is 20.5 Å². The molecule has 0 fully saturated rings. The fourth-order valence-electron chi connectivity index (χ4n) is 3.90. The van der Waals surface area contributed by atoms with Crippen molar-refractivity contribution in [2.75, 3.05) is 51.4 Å². The number of carbonyl (C=O) groups is 2. The van der Waals surface area contributed by atoms with Gasteiger partial charge in [0, 0.05) is 43.9 Å². The van der Waals surface area contributed by atoms with E-state index >= 15 is 0 Å². The maximum atomic E-state index is 12.7. The van der Waals surface area contributed by atoms with Gasteiger partial charge in [0.1, 0.15) is 24.2 Å². The van der Waals surface area contributed by atoms with Crippen LogP contribution in [0, 0.1) is 0 Å². The van der Waals surface area contributed by atoms with E-state index in [4.69, 9.17) is 26.8 Å². The van der Waals surface area contributed by atoms with Crippen LogP contribution in [0.3, 0.4) is 0 Å². The number of hydrogen-bond acceptors (Lipinski definition) is 9. The lowest BCUT2D eigenvalue weighted by molar-refractivity contribution is 0.0706. The molecule has 1 amide bonds. The highest BCUT2D eigenvalue weighted by Gasteiger charge is 2.20. The SMILES string of the molecule is CCN(CC)C[C@@H](O)COc1cc2nccc(Oc3cc(C=O)c(NC)c(Cl)c3N)c2cc1C(=O)NC. The minimum atomic E-state index is -0.740. The Kier molecular flexibility index (Phi) is 9.51. The van der Waals surface area contributed by atoms with Crippen LogP contribution in [-0.2, 0) is 0 Å². The number of benzene rings is 2. The average Bonchev–Trinajstić information content (AvgIpc) is 2.91. The Labute approximate surface area is 220 Å². The van der Waals surface area contributed by atoms with Crippen molar-refractivity contribution in [2.45, 2.75) is 20.0 Å². The molecule has 0 aliphatic rings. The van der Waals surface area contributed by atoms with Gasteiger partial charge in [0.15, 0.2) is 12.0 Å². The Morgan fingerprint density at radius 1 is 1.22 bits per heavy atom. The lowest BCUT2D eigenvalue weighted by Gasteiger charge is -2.22. The zero-order valence-corrected chi connectivity index (χ0v) is 22.1. The molecule has 0 saturated heterocycles. The number of carbonyl (C=O) groups excluding carboxylic acids is 2. The first-order valence-corrected chi connectivity index (χ1v) is 12.3. The number of nitrogens with two attached hydrogens (primary N) is 1. The van der Waals surface area contributed by atoms with Crippen LogP contribution in [0.4, 0.5) is 11.4 Å². The van der Waals surface area contributed by atoms with Crippen LogP contribution in [0.1, 0.15) is 34.6 Å². The molecule has 198 valence electrons. The zero-order valence-electron chi connectivity index (χ0n) is 21.3. The molecule has 0 aliphatic carbocycles. The third kappa shape index (κ3) is 6.22. The summed E-state index contributed by atoms with van der Waals surface area (Å²) in [4.78, 5) is 30.8. The molecule has 5 N–H and O–H groups in total. The van der Waals surface area contributed by atoms with E-state index in [0.717, 1.165) is 13.1 Å². The molecule has 1 aromatic heterocycles. The van der Waals surface area contributed by atoms with Crippen LogP contribution >= 0.6 is 11.6 Å². The Balaban J connectivity index is 2.00. The first kappa shape index (κ1) is 28.0. The Morgan fingerprint density at radius 3 is 2.57 bits per heavy atom. The standard InChI is InChI=1S/C26H32ClN5O5/c1-5-32(6-2)12-16(34)14-36-21-11-19-17(10-18(21)26(35)30-4)20(7-8-31-19)37-22-9-15(13-33)25(29-3)23(27)24(22)28/h7-11,13,16,29,34H,5-6,12,14,28H2,1-4H3,(H,30,35)/t16-/m1/s1. The van der Waals surface area contributed by atoms with E-state index in [-0.39, 0.29) is 45.9 Å². The molecule has 10 nitrogen and oxygen atoms in total. The summed E-state index contributed by atoms with van der Waals surface area (Å²) in [7, 11) is 3.15. The number of nitrogens with one attached hydrogen (secondary N) is 2. The highest BCUT2D eigenvalue weighted by atomic mass is 35.5. The van der Waals surface area contributed by atoms with E-state index in [1.54, 1.807) is 25.2 Å². The summed E-state index contributed by atoms with van der Waals surface area (Å²) < 4.78 is 11.9. The molecule has 2 aromatic carbocycles. The van der Waals surface area contributed by atoms with Crippen molar-refractivity contribution in [1.82, 2.24) is 15.2 Å². The first-order valence-electron chi connectivity index (χ1n) is 11.9. The van der Waals surface area contributed by atoms with Crippen LogP contribution in [0.2, 0.25) is 5.02 Å². The van der Waals surface area contributed by atoms with Crippen molar-refractivity contribution in [3.63, 3.8) is 0 Å². The zero-order chi connectivity index (χ0) is 27.1. The normalized spacial score (nSPS) is 11.9. The number of aldehydes is 1. The van der Waals surface area contributed by atoms with E-state index in [1.165, 1.54) is 19.3 Å². The van der Waals surface area contributed by atoms with E-state index in [9.17, 15) is 14.7 Å². The van der Waals surface area contributed by atoms with Crippen molar-refractivity contribution in [1.29, 1.82) is 0 Å². The number of anilines is 2. The van der Waals surface area contributed by atoms with Gasteiger partial charge in [-0.25, -0.2) is 0 Å². The van der Waals surface area contributed by atoms with Gasteiger partial charge in [0.05, 0.1) is 27.5 Å². The maximum absolute atomic E-state index is 12.7. The summed E-state index contributed by atoms with van der Waals surface area (Å²) in [5.41, 5.74) is 7.74. The van der Waals surface area contributed by atoms with Gasteiger partial charge in [-0.15, -0.1) is 0 Å². The summed E-state index contributed by atoms with van der Waals surface area (Å²) >= 11 is 6.35. The molecule has 3 rings (SSSR count). The van der Waals surface area contributed by atoms with E-state index < -0.39 is 6.10 Å². The van der Waals surface area contributed by atoms with Crippen molar-refractivity contribution in [2.24, 2.45) is 0 Å². The number of aromatic nitrogens is 1. The summed E-state index contributed by atoms with van der Waals surface area (Å²) in [5.74, 6) is 0.424. The number of aliphatic hydroxyl groups excluding tert-OH is 1. The molecule has 0 saturated carbocycles. The summed E-state index contributed by atoms with van der Waals surface area (Å²) in [5, 5.41) is 16.6. The Hall–Kier alpha value is -3.60. The van der Waals surface area contributed by atoms with Gasteiger partial charge in [0.2, 0.25) is 0 Å². The number of hydrogen-bond donors (Lipinski definition) is 4. The molecule has 0 bridgehead atoms. The molecule has 1 atom stereocenters. The van der Waals surface area contributed by atoms with Crippen molar-refractivity contribution >= 4 is 46.1 Å². The van der Waals surface area contributed by atoms with Gasteiger partial charge >= 0.3 is 0 Å². The summed E-state index contributed by atoms with van der Waals surface area (Å²) in [6.45, 7) is 6.11. The third-order valence-electron chi connectivity index (χ3n) is 5.96. The number of nitrogens with zero attached hydrogens (tertiary/aromatic N) is 2. The molecule has 0 aliphatic heterocycles. The number of amides is 1. The van der Waals surface area contributed by atoms with E-state index in [0.29, 0.717) is 35.2 Å². The predicted octanol–water partition coefficient (Wildman–Crippen LogP) is 3.56. The number of likely N-dealkylation sites (N-methyl/N-ethyl adjacent to an activating group) is 1. The van der Waals surface area contributed by atoms with Gasteiger partial charge in [-0.1, -0.05) is 25.4 Å². The molecular weight excluding hydrogens is 498 g/mol. The fraction of sp³-hybridized carbons (Fsp3) is 0.346. The second kappa shape index (κ2) is 12.6. The molecule has 1 heterocycles. The van der Waals surface area contributed by atoms with E-state index in [1.807, 2.05) is 13.8 Å². The Morgan fingerprint density at radius 2 is 1.95 bits per heavy atom. The monoisotopic (exact) mass is 529 g/mol. The van der Waals surface area contributed by atoms with Crippen molar-refractivity contribution in [3.8, 4) is 17.2 Å². The number of rotatable bonds is 12. The number of aliphatic hydroxyl groups is 1.